The van der Waals surface area contributed by atoms with E-state index in [2.05, 4.69) is 37.5 Å². The molecule has 0 aromatic heterocycles. The zero-order valence-corrected chi connectivity index (χ0v) is 17.7. The highest BCUT2D eigenvalue weighted by molar-refractivity contribution is 9.10. The van der Waals surface area contributed by atoms with E-state index in [9.17, 15) is 4.79 Å². The molecule has 3 rings (SSSR count). The number of amides is 1. The van der Waals surface area contributed by atoms with Gasteiger partial charge in [-0.2, -0.15) is 0 Å². The number of carbonyl (C=O) groups excluding carboxylic acids is 1. The molecule has 27 heavy (non-hydrogen) atoms. The Balaban J connectivity index is 1.69. The standard InChI is InChI=1S/C20H22BrN3O2S/c1-13-10-14(21)11-17(18(13)26-2)19(25)23-20(27)22-15-6-5-7-16(12-15)24-8-3-4-9-24/h5-7,10-12H,3-4,8-9H2,1-2H3,(H2,22,23,25,27). The lowest BCUT2D eigenvalue weighted by Crippen LogP contribution is -2.34. The third kappa shape index (κ3) is 4.78. The van der Waals surface area contributed by atoms with E-state index in [0.717, 1.165) is 34.5 Å². The van der Waals surface area contributed by atoms with Gasteiger partial charge in [-0.15, -0.1) is 0 Å². The van der Waals surface area contributed by atoms with Crippen molar-refractivity contribution in [2.45, 2.75) is 19.8 Å². The van der Waals surface area contributed by atoms with E-state index in [1.54, 1.807) is 13.2 Å². The van der Waals surface area contributed by atoms with Gasteiger partial charge in [0, 0.05) is 28.9 Å². The first-order chi connectivity index (χ1) is 13.0. The zero-order valence-electron chi connectivity index (χ0n) is 15.3. The van der Waals surface area contributed by atoms with Crippen molar-refractivity contribution in [3.63, 3.8) is 0 Å². The number of nitrogens with zero attached hydrogens (tertiary/aromatic N) is 1. The van der Waals surface area contributed by atoms with Crippen molar-refractivity contribution < 1.29 is 9.53 Å². The largest absolute Gasteiger partial charge is 0.496 e. The molecule has 0 aliphatic carbocycles. The molecule has 1 heterocycles. The summed E-state index contributed by atoms with van der Waals surface area (Å²) in [6, 6.07) is 11.7. The number of aryl methyl sites for hydroxylation is 1. The van der Waals surface area contributed by atoms with Crippen LogP contribution >= 0.6 is 28.1 Å². The van der Waals surface area contributed by atoms with Crippen molar-refractivity contribution in [1.82, 2.24) is 5.32 Å². The summed E-state index contributed by atoms with van der Waals surface area (Å²) in [4.78, 5) is 15.0. The highest BCUT2D eigenvalue weighted by Crippen LogP contribution is 2.28. The number of benzene rings is 2. The summed E-state index contributed by atoms with van der Waals surface area (Å²) < 4.78 is 6.18. The molecule has 1 saturated heterocycles. The predicted octanol–water partition coefficient (Wildman–Crippen LogP) is 4.49. The van der Waals surface area contributed by atoms with Gasteiger partial charge in [0.1, 0.15) is 5.75 Å². The number of carbonyl (C=O) groups is 1. The first-order valence-corrected chi connectivity index (χ1v) is 9.99. The number of hydrogen-bond donors (Lipinski definition) is 2. The van der Waals surface area contributed by atoms with Gasteiger partial charge in [-0.3, -0.25) is 10.1 Å². The van der Waals surface area contributed by atoms with E-state index >= 15 is 0 Å². The van der Waals surface area contributed by atoms with Gasteiger partial charge in [-0.05, 0) is 67.9 Å². The molecule has 1 aliphatic heterocycles. The highest BCUT2D eigenvalue weighted by atomic mass is 79.9. The molecular formula is C20H22BrN3O2S. The number of rotatable bonds is 4. The molecule has 0 atom stereocenters. The summed E-state index contributed by atoms with van der Waals surface area (Å²) >= 11 is 8.74. The lowest BCUT2D eigenvalue weighted by Gasteiger charge is -2.19. The van der Waals surface area contributed by atoms with Gasteiger partial charge in [0.25, 0.3) is 5.91 Å². The summed E-state index contributed by atoms with van der Waals surface area (Å²) in [5.74, 6) is 0.221. The molecule has 1 aliphatic rings. The van der Waals surface area contributed by atoms with Crippen LogP contribution in [0.1, 0.15) is 28.8 Å². The van der Waals surface area contributed by atoms with E-state index < -0.39 is 0 Å². The van der Waals surface area contributed by atoms with Crippen molar-refractivity contribution >= 4 is 50.5 Å². The first kappa shape index (κ1) is 19.6. The summed E-state index contributed by atoms with van der Waals surface area (Å²) in [5.41, 5.74) is 3.31. The Hall–Kier alpha value is -2.12. The second-order valence-corrected chi connectivity index (χ2v) is 7.78. The van der Waals surface area contributed by atoms with Crippen LogP contribution in [0.5, 0.6) is 5.75 Å². The van der Waals surface area contributed by atoms with Crippen LogP contribution in [-0.4, -0.2) is 31.2 Å². The molecule has 1 amide bonds. The molecule has 2 aromatic carbocycles. The van der Waals surface area contributed by atoms with Gasteiger partial charge in [-0.25, -0.2) is 0 Å². The Morgan fingerprint density at radius 2 is 1.96 bits per heavy atom. The third-order valence-corrected chi connectivity index (χ3v) is 5.15. The smallest absolute Gasteiger partial charge is 0.261 e. The number of methoxy groups -OCH3 is 1. The second kappa shape index (κ2) is 8.71. The summed E-state index contributed by atoms with van der Waals surface area (Å²) in [7, 11) is 1.55. The van der Waals surface area contributed by atoms with Gasteiger partial charge in [0.05, 0.1) is 12.7 Å². The number of halogens is 1. The molecule has 1 fully saturated rings. The van der Waals surface area contributed by atoms with Gasteiger partial charge in [0.15, 0.2) is 5.11 Å². The summed E-state index contributed by atoms with van der Waals surface area (Å²) in [6.45, 7) is 4.04. The van der Waals surface area contributed by atoms with Crippen LogP contribution in [0.25, 0.3) is 0 Å². The minimum atomic E-state index is -0.315. The monoisotopic (exact) mass is 447 g/mol. The Bertz CT molecular complexity index is 866. The number of thiocarbonyl (C=S) groups is 1. The molecule has 2 aromatic rings. The first-order valence-electron chi connectivity index (χ1n) is 8.79. The molecule has 142 valence electrons. The Labute approximate surface area is 173 Å². The van der Waals surface area contributed by atoms with Crippen LogP contribution in [0.4, 0.5) is 11.4 Å². The Kier molecular flexibility index (Phi) is 6.34. The molecule has 0 radical (unpaired) electrons. The molecule has 0 spiro atoms. The topological polar surface area (TPSA) is 53.6 Å². The van der Waals surface area contributed by atoms with Crippen molar-refractivity contribution in [1.29, 1.82) is 0 Å². The van der Waals surface area contributed by atoms with Crippen LogP contribution in [0.2, 0.25) is 0 Å². The molecule has 5 nitrogen and oxygen atoms in total. The van der Waals surface area contributed by atoms with E-state index in [4.69, 9.17) is 17.0 Å². The Morgan fingerprint density at radius 3 is 2.67 bits per heavy atom. The molecule has 0 saturated carbocycles. The fourth-order valence-electron chi connectivity index (χ4n) is 3.26. The molecule has 7 heteroatoms. The van der Waals surface area contributed by atoms with Crippen molar-refractivity contribution in [2.24, 2.45) is 0 Å². The summed E-state index contributed by atoms with van der Waals surface area (Å²) in [5, 5.41) is 6.07. The third-order valence-electron chi connectivity index (χ3n) is 4.49. The summed E-state index contributed by atoms with van der Waals surface area (Å²) in [6.07, 6.45) is 2.44. The zero-order chi connectivity index (χ0) is 19.4. The fraction of sp³-hybridized carbons (Fsp3) is 0.300. The normalized spacial score (nSPS) is 13.4. The number of nitrogens with one attached hydrogen (secondary N) is 2. The van der Waals surface area contributed by atoms with Crippen molar-refractivity contribution in [2.75, 3.05) is 30.4 Å². The van der Waals surface area contributed by atoms with Crippen LogP contribution in [0.15, 0.2) is 40.9 Å². The second-order valence-electron chi connectivity index (χ2n) is 6.46. The van der Waals surface area contributed by atoms with Crippen LogP contribution in [0.3, 0.4) is 0 Å². The minimum Gasteiger partial charge on any atom is -0.496 e. The average molecular weight is 448 g/mol. The maximum absolute atomic E-state index is 12.7. The number of hydrogen-bond acceptors (Lipinski definition) is 4. The molecule has 0 bridgehead atoms. The van der Waals surface area contributed by atoms with Gasteiger partial charge in [-0.1, -0.05) is 22.0 Å². The van der Waals surface area contributed by atoms with Crippen LogP contribution in [-0.2, 0) is 0 Å². The lowest BCUT2D eigenvalue weighted by molar-refractivity contribution is 0.0974. The number of ether oxygens (including phenoxy) is 1. The van der Waals surface area contributed by atoms with E-state index in [1.165, 1.54) is 12.8 Å². The molecular weight excluding hydrogens is 426 g/mol. The average Bonchev–Trinajstić information content (AvgIpc) is 3.16. The molecule has 2 N–H and O–H groups in total. The quantitative estimate of drug-likeness (QED) is 0.675. The number of anilines is 2. The molecule has 0 unspecified atom stereocenters. The van der Waals surface area contributed by atoms with Gasteiger partial charge >= 0.3 is 0 Å². The SMILES string of the molecule is COc1c(C)cc(Br)cc1C(=O)NC(=S)Nc1cccc(N2CCCC2)c1. The predicted molar refractivity (Wildman–Crippen MR) is 117 cm³/mol. The van der Waals surface area contributed by atoms with E-state index in [-0.39, 0.29) is 11.0 Å². The maximum atomic E-state index is 12.7. The van der Waals surface area contributed by atoms with Crippen molar-refractivity contribution in [3.8, 4) is 5.75 Å². The van der Waals surface area contributed by atoms with E-state index in [0.29, 0.717) is 11.3 Å². The van der Waals surface area contributed by atoms with Crippen molar-refractivity contribution in [3.05, 3.63) is 52.0 Å². The van der Waals surface area contributed by atoms with Gasteiger partial charge in [0.2, 0.25) is 0 Å². The lowest BCUT2D eigenvalue weighted by atomic mass is 10.1. The minimum absolute atomic E-state index is 0.248. The van der Waals surface area contributed by atoms with Gasteiger partial charge < -0.3 is 15.0 Å². The fourth-order valence-corrected chi connectivity index (χ4v) is 4.04. The Morgan fingerprint density at radius 1 is 1.22 bits per heavy atom. The highest BCUT2D eigenvalue weighted by Gasteiger charge is 2.17. The van der Waals surface area contributed by atoms with Crippen LogP contribution in [0, 0.1) is 6.92 Å². The van der Waals surface area contributed by atoms with Crippen LogP contribution < -0.4 is 20.3 Å². The maximum Gasteiger partial charge on any atom is 0.261 e. The van der Waals surface area contributed by atoms with E-state index in [1.807, 2.05) is 31.2 Å².